The second-order valence-electron chi connectivity index (χ2n) is 7.44. The van der Waals surface area contributed by atoms with Crippen LogP contribution in [0.15, 0.2) is 18.2 Å². The molecule has 1 fully saturated rings. The van der Waals surface area contributed by atoms with Crippen molar-refractivity contribution in [1.29, 1.82) is 0 Å². The van der Waals surface area contributed by atoms with Crippen LogP contribution in [0.5, 0.6) is 5.75 Å². The van der Waals surface area contributed by atoms with Gasteiger partial charge in [-0.25, -0.2) is 9.37 Å². The highest BCUT2D eigenvalue weighted by molar-refractivity contribution is 5.29. The van der Waals surface area contributed by atoms with E-state index in [-0.39, 0.29) is 18.5 Å². The van der Waals surface area contributed by atoms with Crippen LogP contribution in [0.3, 0.4) is 0 Å². The van der Waals surface area contributed by atoms with E-state index in [1.165, 1.54) is 13.2 Å². The Balaban J connectivity index is 1.66. The lowest BCUT2D eigenvalue weighted by Gasteiger charge is -2.41. The molecule has 0 amide bonds. The number of aryl methyl sites for hydroxylation is 2. The molecule has 3 rings (SSSR count). The van der Waals surface area contributed by atoms with Gasteiger partial charge in [-0.3, -0.25) is 9.80 Å². The monoisotopic (exact) mass is 390 g/mol. The number of ether oxygens (including phenoxy) is 1. The second-order valence-corrected chi connectivity index (χ2v) is 7.44. The fourth-order valence-electron chi connectivity index (χ4n) is 3.83. The fraction of sp³-hybridized carbons (Fsp3) is 0.571. The van der Waals surface area contributed by atoms with Crippen molar-refractivity contribution < 1.29 is 14.2 Å². The van der Waals surface area contributed by atoms with Crippen LogP contribution in [0.25, 0.3) is 0 Å². The maximum absolute atomic E-state index is 14.4. The molecule has 1 aromatic heterocycles. The van der Waals surface area contributed by atoms with Gasteiger partial charge >= 0.3 is 0 Å². The molecule has 0 aliphatic carbocycles. The highest BCUT2D eigenvalue weighted by Crippen LogP contribution is 2.22. The number of benzene rings is 1. The van der Waals surface area contributed by atoms with Crippen molar-refractivity contribution >= 4 is 0 Å². The minimum Gasteiger partial charge on any atom is -0.497 e. The van der Waals surface area contributed by atoms with Crippen LogP contribution in [-0.4, -0.2) is 64.3 Å². The van der Waals surface area contributed by atoms with Crippen LogP contribution in [-0.2, 0) is 19.5 Å². The van der Waals surface area contributed by atoms with Gasteiger partial charge in [0.1, 0.15) is 17.4 Å². The number of aliphatic hydroxyl groups excluding tert-OH is 1. The van der Waals surface area contributed by atoms with Crippen LogP contribution in [0.1, 0.15) is 36.1 Å². The minimum atomic E-state index is -0.247. The van der Waals surface area contributed by atoms with Crippen molar-refractivity contribution in [2.45, 2.75) is 45.8 Å². The van der Waals surface area contributed by atoms with Crippen molar-refractivity contribution in [1.82, 2.24) is 19.8 Å². The number of aliphatic hydroxyl groups is 1. The molecule has 1 aromatic carbocycles. The van der Waals surface area contributed by atoms with E-state index < -0.39 is 0 Å². The van der Waals surface area contributed by atoms with Gasteiger partial charge in [0.25, 0.3) is 0 Å². The average Bonchev–Trinajstić information content (AvgIpc) is 3.05. The Morgan fingerprint density at radius 1 is 1.32 bits per heavy atom. The summed E-state index contributed by atoms with van der Waals surface area (Å²) < 4.78 is 19.5. The molecule has 2 N–H and O–H groups in total. The third-order valence-corrected chi connectivity index (χ3v) is 5.53. The van der Waals surface area contributed by atoms with E-state index in [0.717, 1.165) is 49.8 Å². The molecule has 0 radical (unpaired) electrons. The van der Waals surface area contributed by atoms with E-state index in [4.69, 9.17) is 4.74 Å². The number of H-pyrrole nitrogens is 1. The molecule has 1 saturated heterocycles. The van der Waals surface area contributed by atoms with Gasteiger partial charge in [-0.05, 0) is 19.4 Å². The predicted octanol–water partition coefficient (Wildman–Crippen LogP) is 2.50. The molecule has 2 heterocycles. The lowest BCUT2D eigenvalue weighted by atomic mass is 10.1. The first-order chi connectivity index (χ1) is 13.5. The van der Waals surface area contributed by atoms with Gasteiger partial charge in [-0.1, -0.05) is 13.0 Å². The summed E-state index contributed by atoms with van der Waals surface area (Å²) in [6, 6.07) is 5.19. The third kappa shape index (κ3) is 4.90. The van der Waals surface area contributed by atoms with E-state index in [2.05, 4.69) is 33.6 Å². The minimum absolute atomic E-state index is 0.127. The maximum Gasteiger partial charge on any atom is 0.131 e. The highest BCUT2D eigenvalue weighted by Gasteiger charge is 2.28. The summed E-state index contributed by atoms with van der Waals surface area (Å²) in [6.45, 7) is 8.19. The molecule has 7 heteroatoms. The Morgan fingerprint density at radius 2 is 2.14 bits per heavy atom. The van der Waals surface area contributed by atoms with Crippen molar-refractivity contribution in [2.24, 2.45) is 0 Å². The van der Waals surface area contributed by atoms with Crippen molar-refractivity contribution in [2.75, 3.05) is 33.4 Å². The highest BCUT2D eigenvalue weighted by atomic mass is 19.1. The quantitative estimate of drug-likeness (QED) is 0.725. The van der Waals surface area contributed by atoms with Crippen molar-refractivity contribution in [3.63, 3.8) is 0 Å². The molecule has 2 aromatic rings. The second kappa shape index (κ2) is 9.49. The molecule has 1 atom stereocenters. The number of nitrogens with one attached hydrogen (secondary N) is 1. The van der Waals surface area contributed by atoms with Crippen LogP contribution < -0.4 is 4.74 Å². The Hall–Kier alpha value is -1.96. The zero-order chi connectivity index (χ0) is 20.1. The van der Waals surface area contributed by atoms with E-state index in [9.17, 15) is 9.50 Å². The zero-order valence-corrected chi connectivity index (χ0v) is 17.0. The van der Waals surface area contributed by atoms with Crippen LogP contribution in [0.2, 0.25) is 0 Å². The first-order valence-corrected chi connectivity index (χ1v) is 9.98. The van der Waals surface area contributed by atoms with Gasteiger partial charge in [0.05, 0.1) is 12.8 Å². The molecule has 1 unspecified atom stereocenters. The lowest BCUT2D eigenvalue weighted by Crippen LogP contribution is -2.52. The van der Waals surface area contributed by atoms with Gasteiger partial charge in [0.15, 0.2) is 0 Å². The molecule has 28 heavy (non-hydrogen) atoms. The summed E-state index contributed by atoms with van der Waals surface area (Å²) >= 11 is 0. The summed E-state index contributed by atoms with van der Waals surface area (Å²) in [5, 5.41) is 9.53. The van der Waals surface area contributed by atoms with Crippen LogP contribution in [0, 0.1) is 12.7 Å². The number of rotatable bonds is 8. The first-order valence-electron chi connectivity index (χ1n) is 9.98. The summed E-state index contributed by atoms with van der Waals surface area (Å²) in [4.78, 5) is 12.7. The van der Waals surface area contributed by atoms with Crippen LogP contribution in [0.4, 0.5) is 4.39 Å². The van der Waals surface area contributed by atoms with E-state index >= 15 is 0 Å². The van der Waals surface area contributed by atoms with Gasteiger partial charge in [0, 0.05) is 69.1 Å². The van der Waals surface area contributed by atoms with E-state index in [0.29, 0.717) is 24.3 Å². The van der Waals surface area contributed by atoms with Gasteiger partial charge in [-0.2, -0.15) is 0 Å². The predicted molar refractivity (Wildman–Crippen MR) is 107 cm³/mol. The number of hydrogen-bond donors (Lipinski definition) is 2. The Labute approximate surface area is 166 Å². The normalized spacial score (nSPS) is 18.5. The molecule has 0 spiro atoms. The van der Waals surface area contributed by atoms with Gasteiger partial charge in [-0.15, -0.1) is 0 Å². The number of piperazine rings is 1. The SMILES string of the molecule is CCc1nc(CN2CCN(Cc3ccc(OC)cc3F)C(CCO)C2)c(C)[nH]1. The number of aromatic nitrogens is 2. The van der Waals surface area contributed by atoms with E-state index in [1.54, 1.807) is 12.1 Å². The molecular formula is C21H31FN4O2. The molecule has 6 nitrogen and oxygen atoms in total. The number of halogens is 1. The van der Waals surface area contributed by atoms with Gasteiger partial charge < -0.3 is 14.8 Å². The molecule has 0 saturated carbocycles. The zero-order valence-electron chi connectivity index (χ0n) is 17.0. The first kappa shape index (κ1) is 20.8. The topological polar surface area (TPSA) is 64.6 Å². The molecule has 1 aliphatic rings. The molecular weight excluding hydrogens is 359 g/mol. The van der Waals surface area contributed by atoms with Crippen LogP contribution >= 0.6 is 0 Å². The lowest BCUT2D eigenvalue weighted by molar-refractivity contribution is 0.0486. The third-order valence-electron chi connectivity index (χ3n) is 5.53. The van der Waals surface area contributed by atoms with E-state index in [1.807, 2.05) is 0 Å². The number of methoxy groups -OCH3 is 1. The fourth-order valence-corrected chi connectivity index (χ4v) is 3.83. The maximum atomic E-state index is 14.4. The Kier molecular flexibility index (Phi) is 7.04. The molecule has 0 bridgehead atoms. The molecule has 1 aliphatic heterocycles. The van der Waals surface area contributed by atoms with Gasteiger partial charge in [0.2, 0.25) is 0 Å². The largest absolute Gasteiger partial charge is 0.497 e. The number of aromatic amines is 1. The smallest absolute Gasteiger partial charge is 0.131 e. The summed E-state index contributed by atoms with van der Waals surface area (Å²) in [5.41, 5.74) is 2.88. The number of hydrogen-bond acceptors (Lipinski definition) is 5. The Morgan fingerprint density at radius 3 is 2.79 bits per heavy atom. The number of nitrogens with zero attached hydrogens (tertiary/aromatic N) is 3. The summed E-state index contributed by atoms with van der Waals surface area (Å²) in [5.74, 6) is 1.30. The molecule has 154 valence electrons. The average molecular weight is 391 g/mol. The standard InChI is InChI=1S/C21H31FN4O2/c1-4-21-23-15(2)20(24-21)14-25-8-9-26(17(13-25)7-10-27)12-16-5-6-18(28-3)11-19(16)22/h5-6,11,17,27H,4,7-10,12-14H2,1-3H3,(H,23,24). The summed E-state index contributed by atoms with van der Waals surface area (Å²) in [6.07, 6.45) is 1.57. The Bertz CT molecular complexity index is 780. The van der Waals surface area contributed by atoms with Crippen molar-refractivity contribution in [3.8, 4) is 5.75 Å². The summed E-state index contributed by atoms with van der Waals surface area (Å²) in [7, 11) is 1.54. The van der Waals surface area contributed by atoms with Crippen molar-refractivity contribution in [3.05, 3.63) is 46.8 Å². The number of imidazole rings is 1.